The molecule has 202 valence electrons. The Morgan fingerprint density at radius 1 is 1.26 bits per heavy atom. The number of rotatable bonds is 8. The summed E-state index contributed by atoms with van der Waals surface area (Å²) in [6, 6.07) is 10.7. The molecular weight excluding hydrogens is 519 g/mol. The van der Waals surface area contributed by atoms with Crippen LogP contribution in [0.4, 0.5) is 18.9 Å². The number of carboxylic acid groups (broad SMARTS) is 1. The van der Waals surface area contributed by atoms with E-state index in [1.807, 2.05) is 38.3 Å². The summed E-state index contributed by atoms with van der Waals surface area (Å²) >= 11 is 1.64. The van der Waals surface area contributed by atoms with Crippen LogP contribution in [0.25, 0.3) is 0 Å². The van der Waals surface area contributed by atoms with Crippen LogP contribution < -0.4 is 15.2 Å². The Bertz CT molecular complexity index is 1290. The maximum absolute atomic E-state index is 13.0. The van der Waals surface area contributed by atoms with Crippen LogP contribution in [-0.4, -0.2) is 47.1 Å². The highest BCUT2D eigenvalue weighted by atomic mass is 32.2. The molecule has 6 rings (SSSR count). The maximum atomic E-state index is 13.0. The average Bonchev–Trinajstić information content (AvgIpc) is 3.44. The third kappa shape index (κ3) is 4.47. The van der Waals surface area contributed by atoms with E-state index in [0.29, 0.717) is 23.6 Å². The van der Waals surface area contributed by atoms with Crippen LogP contribution in [0, 0.1) is 12.3 Å². The van der Waals surface area contributed by atoms with Crippen molar-refractivity contribution in [2.75, 3.05) is 17.8 Å². The molecular formula is C27H28F3N3O4S. The first-order valence-electron chi connectivity index (χ1n) is 12.1. The fourth-order valence-electron chi connectivity index (χ4n) is 4.97. The van der Waals surface area contributed by atoms with Gasteiger partial charge in [-0.05, 0) is 75.3 Å². The number of hydrogen-bond acceptors (Lipinski definition) is 7. The van der Waals surface area contributed by atoms with E-state index in [1.165, 1.54) is 19.1 Å². The molecule has 2 aromatic rings. The van der Waals surface area contributed by atoms with Crippen LogP contribution in [0.3, 0.4) is 0 Å². The molecule has 2 N–H and O–H groups in total. The number of fused-ring (bicyclic) bond motifs is 1. The van der Waals surface area contributed by atoms with Gasteiger partial charge in [-0.2, -0.15) is 18.6 Å². The first kappa shape index (κ1) is 26.6. The molecule has 4 unspecified atom stereocenters. The van der Waals surface area contributed by atoms with E-state index in [2.05, 4.69) is 22.5 Å². The largest absolute Gasteiger partial charge is 0.479 e. The lowest BCUT2D eigenvalue weighted by atomic mass is 9.76. The van der Waals surface area contributed by atoms with Crippen molar-refractivity contribution < 1.29 is 32.5 Å². The molecule has 0 spiro atoms. The molecule has 11 heteroatoms. The van der Waals surface area contributed by atoms with Gasteiger partial charge in [0, 0.05) is 10.6 Å². The number of alkyl halides is 3. The zero-order valence-electron chi connectivity index (χ0n) is 21.0. The smallest absolute Gasteiger partial charge is 0.416 e. The number of halogens is 3. The number of nitrogens with one attached hydrogen (secondary N) is 1. The quantitative estimate of drug-likeness (QED) is 0.427. The van der Waals surface area contributed by atoms with Gasteiger partial charge in [0.25, 0.3) is 0 Å². The van der Waals surface area contributed by atoms with E-state index in [4.69, 9.17) is 14.6 Å². The number of carboxylic acids is 1. The fraction of sp³-hybridized carbons (Fsp3) is 0.370. The second-order valence-corrected chi connectivity index (χ2v) is 10.7. The zero-order chi connectivity index (χ0) is 27.3. The number of thioether (sulfide) groups is 1. The topological polar surface area (TPSA) is 74.3 Å². The number of hydrogen-bond donors (Lipinski definition) is 2. The monoisotopic (exact) mass is 547 g/mol. The van der Waals surface area contributed by atoms with E-state index in [9.17, 15) is 18.0 Å². The number of anilines is 1. The van der Waals surface area contributed by atoms with Crippen molar-refractivity contribution in [2.45, 2.75) is 49.6 Å². The Morgan fingerprint density at radius 2 is 2.00 bits per heavy atom. The second kappa shape index (κ2) is 9.64. The van der Waals surface area contributed by atoms with Crippen molar-refractivity contribution in [2.24, 2.45) is 5.41 Å². The molecule has 0 saturated carbocycles. The number of aryl methyl sites for hydroxylation is 1. The Labute approximate surface area is 222 Å². The first-order valence-corrected chi connectivity index (χ1v) is 13.1. The Kier molecular flexibility index (Phi) is 6.75. The minimum Gasteiger partial charge on any atom is -0.479 e. The highest BCUT2D eigenvalue weighted by molar-refractivity contribution is 7.99. The standard InChI is InChI=1S/C27H28F3N3O4S/c1-17-15-21(11-12-22(17)36-18(2)23(34)35)38-16-25(13-5-4-6-14-25)27-31-33(24(37-27)32(27)3)20-9-7-19(8-10-20)26(28,29)30/h4-13,15,18,24,31H,14,16H2,1-3H3,(H,34,35). The van der Waals surface area contributed by atoms with Crippen LogP contribution in [0.5, 0.6) is 5.75 Å². The number of aliphatic carboxylic acids is 1. The normalized spacial score (nSPS) is 27.3. The SMILES string of the molecule is Cc1cc(SCC2(C34NN(c5ccc(C(F)(F)F)cc5)C(O3)N4C)C=CC=CC2)ccc1OC(C)C(=O)O. The molecule has 2 bridgehead atoms. The molecule has 0 amide bonds. The maximum Gasteiger partial charge on any atom is 0.416 e. The molecule has 7 nitrogen and oxygen atoms in total. The molecule has 2 aromatic carbocycles. The molecule has 1 aliphatic carbocycles. The van der Waals surface area contributed by atoms with Crippen molar-refractivity contribution in [1.29, 1.82) is 0 Å². The molecule has 3 heterocycles. The summed E-state index contributed by atoms with van der Waals surface area (Å²) < 4.78 is 51.1. The van der Waals surface area contributed by atoms with Gasteiger partial charge in [-0.1, -0.05) is 24.3 Å². The summed E-state index contributed by atoms with van der Waals surface area (Å²) in [6.45, 7) is 3.36. The van der Waals surface area contributed by atoms with Gasteiger partial charge in [-0.3, -0.25) is 5.01 Å². The predicted molar refractivity (Wildman–Crippen MR) is 137 cm³/mol. The molecule has 3 saturated heterocycles. The third-order valence-corrected chi connectivity index (χ3v) is 8.43. The van der Waals surface area contributed by atoms with Crippen molar-refractivity contribution in [3.63, 3.8) is 0 Å². The van der Waals surface area contributed by atoms with Gasteiger partial charge in [-0.25, -0.2) is 9.69 Å². The lowest BCUT2D eigenvalue weighted by Crippen LogP contribution is -2.72. The highest BCUT2D eigenvalue weighted by Crippen LogP contribution is 2.55. The number of ether oxygens (including phenoxy) is 2. The number of hydrazine groups is 1. The van der Waals surface area contributed by atoms with Crippen molar-refractivity contribution >= 4 is 23.4 Å². The summed E-state index contributed by atoms with van der Waals surface area (Å²) in [7, 11) is 1.93. The number of allylic oxidation sites excluding steroid dienone is 3. The number of benzene rings is 2. The van der Waals surface area contributed by atoms with Gasteiger partial charge in [0.05, 0.1) is 16.7 Å². The third-order valence-electron chi connectivity index (χ3n) is 7.18. The van der Waals surface area contributed by atoms with Gasteiger partial charge in [0.1, 0.15) is 5.75 Å². The van der Waals surface area contributed by atoms with Gasteiger partial charge in [0.15, 0.2) is 6.10 Å². The molecule has 3 aliphatic heterocycles. The van der Waals surface area contributed by atoms with E-state index in [0.717, 1.165) is 22.6 Å². The molecule has 0 radical (unpaired) electrons. The molecule has 38 heavy (non-hydrogen) atoms. The van der Waals surface area contributed by atoms with Crippen molar-refractivity contribution in [3.8, 4) is 5.75 Å². The van der Waals surface area contributed by atoms with Crippen LogP contribution in [0.1, 0.15) is 24.5 Å². The first-order chi connectivity index (χ1) is 18.0. The minimum absolute atomic E-state index is 0.456. The van der Waals surface area contributed by atoms with Crippen LogP contribution in [0.2, 0.25) is 0 Å². The summed E-state index contributed by atoms with van der Waals surface area (Å²) in [5, 5.41) is 10.9. The number of nitrogens with zero attached hydrogens (tertiary/aromatic N) is 2. The molecule has 4 aliphatic rings. The Balaban J connectivity index is 1.35. The van der Waals surface area contributed by atoms with Gasteiger partial charge < -0.3 is 14.6 Å². The van der Waals surface area contributed by atoms with Crippen LogP contribution in [0.15, 0.2) is 71.7 Å². The Morgan fingerprint density at radius 3 is 2.58 bits per heavy atom. The zero-order valence-corrected chi connectivity index (χ0v) is 21.8. The molecule has 0 aromatic heterocycles. The summed E-state index contributed by atoms with van der Waals surface area (Å²) in [5.41, 5.74) is 3.67. The lowest BCUT2D eigenvalue weighted by Gasteiger charge is -2.55. The van der Waals surface area contributed by atoms with Gasteiger partial charge in [-0.15, -0.1) is 11.8 Å². The highest BCUT2D eigenvalue weighted by Gasteiger charge is 2.70. The van der Waals surface area contributed by atoms with E-state index >= 15 is 0 Å². The van der Waals surface area contributed by atoms with Gasteiger partial charge >= 0.3 is 12.1 Å². The van der Waals surface area contributed by atoms with Crippen molar-refractivity contribution in [1.82, 2.24) is 10.3 Å². The molecule has 4 atom stereocenters. The van der Waals surface area contributed by atoms with E-state index in [1.54, 1.807) is 22.8 Å². The summed E-state index contributed by atoms with van der Waals surface area (Å²) in [4.78, 5) is 14.2. The molecule has 3 fully saturated rings. The van der Waals surface area contributed by atoms with Gasteiger partial charge in [0.2, 0.25) is 12.2 Å². The second-order valence-electron chi connectivity index (χ2n) is 9.69. The Hall–Kier alpha value is -2.99. The fourth-order valence-corrected chi connectivity index (χ4v) is 6.23. The number of carbonyl (C=O) groups is 1. The van der Waals surface area contributed by atoms with E-state index < -0.39 is 41.4 Å². The predicted octanol–water partition coefficient (Wildman–Crippen LogP) is 5.38. The summed E-state index contributed by atoms with van der Waals surface area (Å²) in [6.07, 6.45) is 3.06. The average molecular weight is 548 g/mol. The summed E-state index contributed by atoms with van der Waals surface area (Å²) in [5.74, 6) is -0.751. The lowest BCUT2D eigenvalue weighted by molar-refractivity contribution is -0.341. The van der Waals surface area contributed by atoms with Crippen LogP contribution in [-0.2, 0) is 15.7 Å². The van der Waals surface area contributed by atoms with E-state index in [-0.39, 0.29) is 0 Å². The minimum atomic E-state index is -4.40. The van der Waals surface area contributed by atoms with Crippen molar-refractivity contribution in [3.05, 3.63) is 77.9 Å². The van der Waals surface area contributed by atoms with Crippen LogP contribution >= 0.6 is 11.8 Å².